The van der Waals surface area contributed by atoms with Crippen LogP contribution in [0.25, 0.3) is 6.08 Å². The van der Waals surface area contributed by atoms with Gasteiger partial charge in [0.1, 0.15) is 11.6 Å². The maximum absolute atomic E-state index is 11.7. The largest absolute Gasteiger partial charge is 0.458 e. The molecule has 0 bridgehead atoms. The lowest BCUT2D eigenvalue weighted by atomic mass is 10.2. The molecule has 0 spiro atoms. The molecule has 1 atom stereocenters. The number of aromatic nitrogens is 2. The summed E-state index contributed by atoms with van der Waals surface area (Å²) in [6, 6.07) is -0.694. The van der Waals surface area contributed by atoms with Crippen molar-refractivity contribution in [3.05, 3.63) is 24.0 Å². The average Bonchev–Trinajstić information content (AvgIpc) is 2.70. The molecule has 0 aliphatic rings. The Hall–Kier alpha value is -2.11. The molecular weight excluding hydrogens is 258 g/mol. The summed E-state index contributed by atoms with van der Waals surface area (Å²) in [4.78, 5) is 23.4. The van der Waals surface area contributed by atoms with E-state index >= 15 is 0 Å². The van der Waals surface area contributed by atoms with E-state index in [1.807, 2.05) is 0 Å². The number of nitrogens with one attached hydrogen (secondary N) is 1. The van der Waals surface area contributed by atoms with E-state index in [0.29, 0.717) is 0 Å². The molecule has 0 aromatic carbocycles. The topological polar surface area (TPSA) is 73.2 Å². The molecule has 1 aromatic heterocycles. The zero-order valence-electron chi connectivity index (χ0n) is 12.5. The number of carbonyl (C=O) groups excluding carboxylic acids is 2. The van der Waals surface area contributed by atoms with Crippen LogP contribution in [0.15, 0.2) is 18.5 Å². The lowest BCUT2D eigenvalue weighted by Gasteiger charge is -2.22. The Balaban J connectivity index is 2.49. The van der Waals surface area contributed by atoms with Crippen molar-refractivity contribution in [2.45, 2.75) is 39.3 Å². The molecule has 0 aliphatic carbocycles. The SMILES string of the molecule is C[C@@H](NC(=O)/C=C/c1cnn(C)c1)C(=O)OC(C)(C)C. The summed E-state index contributed by atoms with van der Waals surface area (Å²) in [7, 11) is 1.79. The number of ether oxygens (including phenoxy) is 1. The molecule has 1 N–H and O–H groups in total. The molecule has 110 valence electrons. The molecule has 1 heterocycles. The smallest absolute Gasteiger partial charge is 0.328 e. The van der Waals surface area contributed by atoms with Gasteiger partial charge in [-0.25, -0.2) is 4.79 Å². The summed E-state index contributed by atoms with van der Waals surface area (Å²) in [5.41, 5.74) is 0.245. The van der Waals surface area contributed by atoms with E-state index < -0.39 is 17.6 Å². The second-order valence-corrected chi connectivity index (χ2v) is 5.54. The fraction of sp³-hybridized carbons (Fsp3) is 0.500. The van der Waals surface area contributed by atoms with E-state index in [-0.39, 0.29) is 5.91 Å². The van der Waals surface area contributed by atoms with Crippen LogP contribution in [0.5, 0.6) is 0 Å². The van der Waals surface area contributed by atoms with Gasteiger partial charge in [0, 0.05) is 24.9 Å². The van der Waals surface area contributed by atoms with Gasteiger partial charge in [-0.1, -0.05) is 0 Å². The van der Waals surface area contributed by atoms with Gasteiger partial charge in [0.15, 0.2) is 0 Å². The molecule has 0 aliphatic heterocycles. The van der Waals surface area contributed by atoms with Gasteiger partial charge < -0.3 is 10.1 Å². The number of nitrogens with zero attached hydrogens (tertiary/aromatic N) is 2. The minimum absolute atomic E-state index is 0.354. The van der Waals surface area contributed by atoms with Crippen LogP contribution < -0.4 is 5.32 Å². The summed E-state index contributed by atoms with van der Waals surface area (Å²) in [6.45, 7) is 6.93. The van der Waals surface area contributed by atoms with Crippen LogP contribution in [-0.2, 0) is 21.4 Å². The van der Waals surface area contributed by atoms with Crippen molar-refractivity contribution in [2.75, 3.05) is 0 Å². The monoisotopic (exact) mass is 279 g/mol. The molecule has 0 saturated carbocycles. The van der Waals surface area contributed by atoms with Crippen LogP contribution in [0.4, 0.5) is 0 Å². The lowest BCUT2D eigenvalue weighted by Crippen LogP contribution is -2.41. The van der Waals surface area contributed by atoms with Crippen LogP contribution in [0, 0.1) is 0 Å². The summed E-state index contributed by atoms with van der Waals surface area (Å²) in [5.74, 6) is -0.812. The normalized spacial score (nSPS) is 13.2. The third-order valence-electron chi connectivity index (χ3n) is 2.27. The van der Waals surface area contributed by atoms with Crippen molar-refractivity contribution in [3.63, 3.8) is 0 Å². The number of aryl methyl sites for hydroxylation is 1. The lowest BCUT2D eigenvalue weighted by molar-refractivity contribution is -0.157. The highest BCUT2D eigenvalue weighted by atomic mass is 16.6. The molecule has 0 radical (unpaired) electrons. The highest BCUT2D eigenvalue weighted by Gasteiger charge is 2.22. The van der Waals surface area contributed by atoms with Crippen LogP contribution in [0.3, 0.4) is 0 Å². The minimum atomic E-state index is -0.694. The standard InChI is InChI=1S/C14H21N3O3/c1-10(13(19)20-14(2,3)4)16-12(18)7-6-11-8-15-17(5)9-11/h6-10H,1-5H3,(H,16,18)/b7-6+/t10-/m1/s1. The van der Waals surface area contributed by atoms with Gasteiger partial charge in [-0.05, 0) is 33.8 Å². The van der Waals surface area contributed by atoms with Crippen molar-refractivity contribution in [3.8, 4) is 0 Å². The second kappa shape index (κ2) is 6.36. The van der Waals surface area contributed by atoms with Gasteiger partial charge in [0.2, 0.25) is 5.91 Å². The van der Waals surface area contributed by atoms with Crippen LogP contribution >= 0.6 is 0 Å². The first-order valence-corrected chi connectivity index (χ1v) is 6.37. The zero-order valence-corrected chi connectivity index (χ0v) is 12.5. The van der Waals surface area contributed by atoms with Gasteiger partial charge in [0.05, 0.1) is 6.20 Å². The summed E-state index contributed by atoms with van der Waals surface area (Å²) in [6.07, 6.45) is 6.41. The maximum Gasteiger partial charge on any atom is 0.328 e. The number of rotatable bonds is 4. The van der Waals surface area contributed by atoms with Crippen molar-refractivity contribution in [1.82, 2.24) is 15.1 Å². The van der Waals surface area contributed by atoms with E-state index in [2.05, 4.69) is 10.4 Å². The minimum Gasteiger partial charge on any atom is -0.458 e. The molecule has 20 heavy (non-hydrogen) atoms. The van der Waals surface area contributed by atoms with E-state index in [1.54, 1.807) is 57.9 Å². The number of esters is 1. The Morgan fingerprint density at radius 3 is 2.60 bits per heavy atom. The summed E-state index contributed by atoms with van der Waals surface area (Å²) in [5, 5.41) is 6.54. The first-order chi connectivity index (χ1) is 9.17. The average molecular weight is 279 g/mol. The molecule has 1 aromatic rings. The molecule has 0 unspecified atom stereocenters. The van der Waals surface area contributed by atoms with Crippen molar-refractivity contribution in [2.24, 2.45) is 7.05 Å². The molecular formula is C14H21N3O3. The Bertz CT molecular complexity index is 512. The molecule has 1 rings (SSSR count). The zero-order chi connectivity index (χ0) is 15.3. The third-order valence-corrected chi connectivity index (χ3v) is 2.27. The Labute approximate surface area is 118 Å². The van der Waals surface area contributed by atoms with Gasteiger partial charge in [-0.15, -0.1) is 0 Å². The molecule has 0 saturated heterocycles. The van der Waals surface area contributed by atoms with E-state index in [1.165, 1.54) is 6.08 Å². The van der Waals surface area contributed by atoms with Gasteiger partial charge in [0.25, 0.3) is 0 Å². The van der Waals surface area contributed by atoms with Crippen molar-refractivity contribution < 1.29 is 14.3 Å². The predicted octanol–water partition coefficient (Wildman–Crippen LogP) is 1.28. The van der Waals surface area contributed by atoms with E-state index in [4.69, 9.17) is 4.74 Å². The number of carbonyl (C=O) groups is 2. The van der Waals surface area contributed by atoms with Gasteiger partial charge in [-0.3, -0.25) is 9.48 Å². The Morgan fingerprint density at radius 1 is 1.45 bits per heavy atom. The van der Waals surface area contributed by atoms with Crippen LogP contribution in [0.1, 0.15) is 33.3 Å². The maximum atomic E-state index is 11.7. The predicted molar refractivity (Wildman–Crippen MR) is 75.7 cm³/mol. The highest BCUT2D eigenvalue weighted by molar-refractivity contribution is 5.94. The first kappa shape index (κ1) is 15.9. The summed E-state index contributed by atoms with van der Waals surface area (Å²) >= 11 is 0. The molecule has 6 nitrogen and oxygen atoms in total. The third kappa shape index (κ3) is 5.69. The quantitative estimate of drug-likeness (QED) is 0.665. The Kier molecular flexibility index (Phi) is 5.07. The molecule has 1 amide bonds. The van der Waals surface area contributed by atoms with Gasteiger partial charge >= 0.3 is 5.97 Å². The second-order valence-electron chi connectivity index (χ2n) is 5.54. The first-order valence-electron chi connectivity index (χ1n) is 6.37. The Morgan fingerprint density at radius 2 is 2.10 bits per heavy atom. The van der Waals surface area contributed by atoms with Crippen LogP contribution in [-0.4, -0.2) is 33.3 Å². The van der Waals surface area contributed by atoms with E-state index in [9.17, 15) is 9.59 Å². The van der Waals surface area contributed by atoms with Crippen LogP contribution in [0.2, 0.25) is 0 Å². The summed E-state index contributed by atoms with van der Waals surface area (Å²) < 4.78 is 6.82. The number of hydrogen-bond donors (Lipinski definition) is 1. The number of hydrogen-bond acceptors (Lipinski definition) is 4. The molecule has 0 fully saturated rings. The highest BCUT2D eigenvalue weighted by Crippen LogP contribution is 2.08. The van der Waals surface area contributed by atoms with Crippen molar-refractivity contribution in [1.29, 1.82) is 0 Å². The number of amides is 1. The van der Waals surface area contributed by atoms with E-state index in [0.717, 1.165) is 5.56 Å². The fourth-order valence-electron chi connectivity index (χ4n) is 1.41. The fourth-order valence-corrected chi connectivity index (χ4v) is 1.41. The molecule has 6 heteroatoms. The van der Waals surface area contributed by atoms with Crippen molar-refractivity contribution >= 4 is 18.0 Å². The van der Waals surface area contributed by atoms with Gasteiger partial charge in [-0.2, -0.15) is 5.10 Å².